The number of guanidine groups is 1. The molecule has 0 aliphatic heterocycles. The molecule has 0 radical (unpaired) electrons. The fourth-order valence-corrected chi connectivity index (χ4v) is 1.51. The molecular weight excluding hydrogens is 365 g/mol. The lowest BCUT2D eigenvalue weighted by Gasteiger charge is -2.16. The minimum absolute atomic E-state index is 0. The maximum atomic E-state index is 5.88. The van der Waals surface area contributed by atoms with Gasteiger partial charge in [-0.1, -0.05) is 17.7 Å². The van der Waals surface area contributed by atoms with E-state index in [1.165, 1.54) is 0 Å². The first-order chi connectivity index (χ1) is 8.15. The van der Waals surface area contributed by atoms with Crippen LogP contribution in [0.4, 0.5) is 0 Å². The molecule has 0 heterocycles. The van der Waals surface area contributed by atoms with E-state index in [1.54, 1.807) is 13.1 Å². The fourth-order valence-electron chi connectivity index (χ4n) is 1.33. The lowest BCUT2D eigenvalue weighted by molar-refractivity contribution is 0.224. The van der Waals surface area contributed by atoms with Gasteiger partial charge in [-0.2, -0.15) is 0 Å². The summed E-state index contributed by atoms with van der Waals surface area (Å²) in [6.07, 6.45) is 0.0265. The molecule has 1 unspecified atom stereocenters. The number of halogens is 2. The van der Waals surface area contributed by atoms with Gasteiger partial charge in [-0.3, -0.25) is 4.99 Å². The van der Waals surface area contributed by atoms with Crippen molar-refractivity contribution in [2.24, 2.45) is 4.99 Å². The maximum absolute atomic E-state index is 5.88. The molecule has 0 saturated carbocycles. The van der Waals surface area contributed by atoms with Crippen molar-refractivity contribution in [2.45, 2.75) is 13.0 Å². The summed E-state index contributed by atoms with van der Waals surface area (Å²) in [7, 11) is 3.54. The van der Waals surface area contributed by atoms with Crippen molar-refractivity contribution in [3.8, 4) is 5.75 Å². The minimum Gasteiger partial charge on any atom is -0.489 e. The van der Waals surface area contributed by atoms with Gasteiger partial charge in [-0.25, -0.2) is 0 Å². The molecule has 1 aromatic carbocycles. The average Bonchev–Trinajstić information content (AvgIpc) is 2.30. The quantitative estimate of drug-likeness (QED) is 0.477. The van der Waals surface area contributed by atoms with Crippen molar-refractivity contribution < 1.29 is 4.74 Å². The van der Waals surface area contributed by atoms with Gasteiger partial charge in [0.25, 0.3) is 0 Å². The van der Waals surface area contributed by atoms with E-state index in [0.717, 1.165) is 11.7 Å². The second kappa shape index (κ2) is 9.27. The third kappa shape index (κ3) is 6.30. The Kier molecular flexibility index (Phi) is 8.91. The number of rotatable bonds is 4. The topological polar surface area (TPSA) is 45.7 Å². The highest BCUT2D eigenvalue weighted by Crippen LogP contribution is 2.18. The van der Waals surface area contributed by atoms with Crippen LogP contribution in [0, 0.1) is 0 Å². The SMILES string of the molecule is CN=C(NC)NCC(C)Oc1cccc(Cl)c1.I. The van der Waals surface area contributed by atoms with E-state index in [4.69, 9.17) is 16.3 Å². The van der Waals surface area contributed by atoms with Crippen molar-refractivity contribution in [2.75, 3.05) is 20.6 Å². The Morgan fingerprint density at radius 2 is 2.22 bits per heavy atom. The van der Waals surface area contributed by atoms with Crippen molar-refractivity contribution in [1.82, 2.24) is 10.6 Å². The molecule has 1 atom stereocenters. The summed E-state index contributed by atoms with van der Waals surface area (Å²) in [6, 6.07) is 7.37. The maximum Gasteiger partial charge on any atom is 0.190 e. The van der Waals surface area contributed by atoms with E-state index in [9.17, 15) is 0 Å². The molecular formula is C12H19ClIN3O. The molecule has 0 amide bonds. The minimum atomic E-state index is 0. The van der Waals surface area contributed by atoms with Gasteiger partial charge in [0.15, 0.2) is 5.96 Å². The molecule has 0 aromatic heterocycles. The zero-order valence-electron chi connectivity index (χ0n) is 10.7. The van der Waals surface area contributed by atoms with Crippen LogP contribution in [0.1, 0.15) is 6.92 Å². The molecule has 0 fully saturated rings. The largest absolute Gasteiger partial charge is 0.489 e. The monoisotopic (exact) mass is 383 g/mol. The Labute approximate surface area is 130 Å². The first-order valence-corrected chi connectivity index (χ1v) is 5.84. The van der Waals surface area contributed by atoms with Crippen LogP contribution in [-0.2, 0) is 0 Å². The summed E-state index contributed by atoms with van der Waals surface area (Å²) in [4.78, 5) is 4.02. The highest BCUT2D eigenvalue weighted by atomic mass is 127. The molecule has 0 aliphatic carbocycles. The molecule has 1 rings (SSSR count). The lowest BCUT2D eigenvalue weighted by atomic mass is 10.3. The van der Waals surface area contributed by atoms with Crippen LogP contribution < -0.4 is 15.4 Å². The van der Waals surface area contributed by atoms with Crippen LogP contribution in [0.25, 0.3) is 0 Å². The van der Waals surface area contributed by atoms with Crippen LogP contribution in [0.3, 0.4) is 0 Å². The number of nitrogens with zero attached hydrogens (tertiary/aromatic N) is 1. The molecule has 18 heavy (non-hydrogen) atoms. The van der Waals surface area contributed by atoms with Crippen molar-refractivity contribution in [1.29, 1.82) is 0 Å². The van der Waals surface area contributed by atoms with Crippen LogP contribution in [-0.4, -0.2) is 32.7 Å². The van der Waals surface area contributed by atoms with Gasteiger partial charge >= 0.3 is 0 Å². The zero-order valence-corrected chi connectivity index (χ0v) is 13.8. The average molecular weight is 384 g/mol. The molecule has 4 nitrogen and oxygen atoms in total. The number of hydrogen-bond donors (Lipinski definition) is 2. The Morgan fingerprint density at radius 3 is 2.78 bits per heavy atom. The van der Waals surface area contributed by atoms with Crippen molar-refractivity contribution in [3.63, 3.8) is 0 Å². The van der Waals surface area contributed by atoms with Gasteiger partial charge in [0, 0.05) is 19.1 Å². The number of ether oxygens (including phenoxy) is 1. The van der Waals surface area contributed by atoms with Crippen molar-refractivity contribution in [3.05, 3.63) is 29.3 Å². The molecule has 0 bridgehead atoms. The second-order valence-electron chi connectivity index (χ2n) is 3.59. The third-order valence-corrected chi connectivity index (χ3v) is 2.39. The van der Waals surface area contributed by atoms with E-state index in [1.807, 2.05) is 32.2 Å². The summed E-state index contributed by atoms with van der Waals surface area (Å²) in [5, 5.41) is 6.75. The van der Waals surface area contributed by atoms with Gasteiger partial charge in [0.05, 0.1) is 6.54 Å². The molecule has 102 valence electrons. The fraction of sp³-hybridized carbons (Fsp3) is 0.417. The third-order valence-electron chi connectivity index (χ3n) is 2.15. The first-order valence-electron chi connectivity index (χ1n) is 5.46. The highest BCUT2D eigenvalue weighted by Gasteiger charge is 2.05. The molecule has 1 aromatic rings. The van der Waals surface area contributed by atoms with Gasteiger partial charge in [0.1, 0.15) is 11.9 Å². The van der Waals surface area contributed by atoms with E-state index in [-0.39, 0.29) is 30.1 Å². The number of aliphatic imine (C=N–C) groups is 1. The van der Waals surface area contributed by atoms with E-state index in [2.05, 4.69) is 15.6 Å². The molecule has 0 spiro atoms. The Bertz CT molecular complexity index is 387. The number of benzene rings is 1. The second-order valence-corrected chi connectivity index (χ2v) is 4.03. The predicted molar refractivity (Wildman–Crippen MR) is 87.4 cm³/mol. The van der Waals surface area contributed by atoms with Crippen LogP contribution in [0.15, 0.2) is 29.3 Å². The summed E-state index contributed by atoms with van der Waals surface area (Å²) in [6.45, 7) is 2.65. The zero-order chi connectivity index (χ0) is 12.7. The van der Waals surface area contributed by atoms with E-state index >= 15 is 0 Å². The molecule has 6 heteroatoms. The van der Waals surface area contributed by atoms with Crippen LogP contribution >= 0.6 is 35.6 Å². The van der Waals surface area contributed by atoms with Crippen molar-refractivity contribution >= 4 is 41.5 Å². The Balaban J connectivity index is 0.00000289. The van der Waals surface area contributed by atoms with E-state index < -0.39 is 0 Å². The summed E-state index contributed by atoms with van der Waals surface area (Å²) >= 11 is 5.88. The molecule has 0 aliphatic rings. The van der Waals surface area contributed by atoms with Crippen LogP contribution in [0.5, 0.6) is 5.75 Å². The predicted octanol–water partition coefficient (Wildman–Crippen LogP) is 2.52. The van der Waals surface area contributed by atoms with Gasteiger partial charge in [-0.05, 0) is 25.1 Å². The van der Waals surface area contributed by atoms with E-state index in [0.29, 0.717) is 11.6 Å². The standard InChI is InChI=1S/C12H18ClN3O.HI/c1-9(8-16-12(14-2)15-3)17-11-6-4-5-10(13)7-11;/h4-7,9H,8H2,1-3H3,(H2,14,15,16);1H. The number of nitrogens with one attached hydrogen (secondary N) is 2. The molecule has 2 N–H and O–H groups in total. The normalized spacial score (nSPS) is 12.3. The summed E-state index contributed by atoms with van der Waals surface area (Å²) in [5.74, 6) is 1.51. The van der Waals surface area contributed by atoms with Gasteiger partial charge in [-0.15, -0.1) is 24.0 Å². The van der Waals surface area contributed by atoms with Gasteiger partial charge in [0.2, 0.25) is 0 Å². The summed E-state index contributed by atoms with van der Waals surface area (Å²) in [5.41, 5.74) is 0. The first kappa shape index (κ1) is 17.3. The highest BCUT2D eigenvalue weighted by molar-refractivity contribution is 14.0. The number of hydrogen-bond acceptors (Lipinski definition) is 2. The Hall–Kier alpha value is -0.690. The van der Waals surface area contributed by atoms with Crippen LogP contribution in [0.2, 0.25) is 5.02 Å². The van der Waals surface area contributed by atoms with Gasteiger partial charge < -0.3 is 15.4 Å². The Morgan fingerprint density at radius 1 is 1.50 bits per heavy atom. The molecule has 0 saturated heterocycles. The summed E-state index contributed by atoms with van der Waals surface area (Å²) < 4.78 is 5.70. The smallest absolute Gasteiger partial charge is 0.190 e. The lowest BCUT2D eigenvalue weighted by Crippen LogP contribution is -2.40.